The third-order valence-electron chi connectivity index (χ3n) is 4.83. The largest absolute Gasteiger partial charge is 0.495 e. The Balaban J connectivity index is 1.89. The lowest BCUT2D eigenvalue weighted by Crippen LogP contribution is -2.43. The SMILES string of the molecule is C=C/C=C(NC(C)=O)\C(=C/CS(=O)n1cc(N2CCNCC2)c2ccccc21)OC. The molecule has 160 valence electrons. The quantitative estimate of drug-likeness (QED) is 0.499. The molecule has 1 saturated heterocycles. The van der Waals surface area contributed by atoms with Crippen LogP contribution in [0.4, 0.5) is 5.69 Å². The van der Waals surface area contributed by atoms with Crippen LogP contribution in [0.3, 0.4) is 0 Å². The van der Waals surface area contributed by atoms with Crippen LogP contribution < -0.4 is 15.5 Å². The van der Waals surface area contributed by atoms with Crippen LogP contribution in [0.15, 0.2) is 66.7 Å². The minimum atomic E-state index is -1.34. The number of benzene rings is 1. The molecule has 2 N–H and O–H groups in total. The standard InChI is InChI=1S/C22H28N4O3S/c1-4-7-19(24-17(2)27)22(29-3)10-15-30(28)26-16-21(25-13-11-23-12-14-25)18-8-5-6-9-20(18)26/h4-10,16,23H,1,11-15H2,2-3H3,(H,24,27)/b19-7+,22-10+. The number of piperazine rings is 1. The van der Waals surface area contributed by atoms with E-state index in [1.807, 2.05) is 28.4 Å². The van der Waals surface area contributed by atoms with Gasteiger partial charge in [0.25, 0.3) is 0 Å². The Morgan fingerprint density at radius 1 is 1.33 bits per heavy atom. The monoisotopic (exact) mass is 428 g/mol. The van der Waals surface area contributed by atoms with Crippen LogP contribution in [0.1, 0.15) is 6.92 Å². The molecule has 2 aromatic rings. The third kappa shape index (κ3) is 5.01. The van der Waals surface area contributed by atoms with Crippen molar-refractivity contribution >= 4 is 33.5 Å². The smallest absolute Gasteiger partial charge is 0.221 e. The molecule has 7 nitrogen and oxygen atoms in total. The van der Waals surface area contributed by atoms with Crippen LogP contribution in [-0.2, 0) is 20.5 Å². The molecule has 1 aliphatic rings. The predicted octanol–water partition coefficient (Wildman–Crippen LogP) is 2.30. The van der Waals surface area contributed by atoms with E-state index in [4.69, 9.17) is 4.74 Å². The first-order valence-electron chi connectivity index (χ1n) is 9.84. The number of methoxy groups -OCH3 is 1. The van der Waals surface area contributed by atoms with Crippen molar-refractivity contribution in [3.05, 3.63) is 66.7 Å². The number of amides is 1. The molecular formula is C22H28N4O3S. The number of ether oxygens (including phenoxy) is 1. The lowest BCUT2D eigenvalue weighted by atomic mass is 10.2. The summed E-state index contributed by atoms with van der Waals surface area (Å²) in [6.07, 6.45) is 6.91. The van der Waals surface area contributed by atoms with Crippen molar-refractivity contribution in [3.63, 3.8) is 0 Å². The first kappa shape index (κ1) is 21.9. The van der Waals surface area contributed by atoms with Gasteiger partial charge in [0.2, 0.25) is 5.91 Å². The minimum absolute atomic E-state index is 0.218. The van der Waals surface area contributed by atoms with Crippen molar-refractivity contribution in [1.82, 2.24) is 14.6 Å². The Bertz CT molecular complexity index is 1000. The van der Waals surface area contributed by atoms with Crippen LogP contribution in [0.2, 0.25) is 0 Å². The highest BCUT2D eigenvalue weighted by atomic mass is 32.2. The van der Waals surface area contributed by atoms with E-state index < -0.39 is 11.0 Å². The number of hydrogen-bond donors (Lipinski definition) is 2. The molecule has 1 aliphatic heterocycles. The molecule has 2 heterocycles. The Morgan fingerprint density at radius 3 is 2.73 bits per heavy atom. The van der Waals surface area contributed by atoms with Crippen LogP contribution in [0.5, 0.6) is 0 Å². The molecule has 1 atom stereocenters. The maximum absolute atomic E-state index is 13.2. The molecule has 0 aliphatic carbocycles. The summed E-state index contributed by atoms with van der Waals surface area (Å²) in [6, 6.07) is 8.01. The van der Waals surface area contributed by atoms with Gasteiger partial charge in [-0.25, -0.2) is 4.21 Å². The zero-order chi connectivity index (χ0) is 21.5. The van der Waals surface area contributed by atoms with E-state index >= 15 is 0 Å². The molecule has 0 saturated carbocycles. The zero-order valence-electron chi connectivity index (χ0n) is 17.4. The van der Waals surface area contributed by atoms with Gasteiger partial charge in [-0.2, -0.15) is 0 Å². The van der Waals surface area contributed by atoms with E-state index in [1.165, 1.54) is 14.0 Å². The van der Waals surface area contributed by atoms with Gasteiger partial charge in [0, 0.05) is 44.7 Å². The summed E-state index contributed by atoms with van der Waals surface area (Å²) in [5.41, 5.74) is 2.51. The number of para-hydroxylation sites is 1. The third-order valence-corrected chi connectivity index (χ3v) is 6.02. The maximum atomic E-state index is 13.2. The van der Waals surface area contributed by atoms with Gasteiger partial charge in [0.15, 0.2) is 0 Å². The molecule has 1 fully saturated rings. The van der Waals surface area contributed by atoms with Gasteiger partial charge in [-0.05, 0) is 18.2 Å². The van der Waals surface area contributed by atoms with Crippen molar-refractivity contribution in [2.45, 2.75) is 6.92 Å². The Morgan fingerprint density at radius 2 is 2.07 bits per heavy atom. The van der Waals surface area contributed by atoms with E-state index in [1.54, 1.807) is 18.2 Å². The molecule has 1 aromatic heterocycles. The van der Waals surface area contributed by atoms with E-state index in [0.717, 1.165) is 42.8 Å². The summed E-state index contributed by atoms with van der Waals surface area (Å²) in [5, 5.41) is 7.17. The number of nitrogens with zero attached hydrogens (tertiary/aromatic N) is 2. The topological polar surface area (TPSA) is 75.6 Å². The van der Waals surface area contributed by atoms with E-state index in [-0.39, 0.29) is 11.7 Å². The highest BCUT2D eigenvalue weighted by Gasteiger charge is 2.18. The van der Waals surface area contributed by atoms with Gasteiger partial charge in [0.1, 0.15) is 16.7 Å². The number of aromatic nitrogens is 1. The second-order valence-corrected chi connectivity index (χ2v) is 8.22. The summed E-state index contributed by atoms with van der Waals surface area (Å²) < 4.78 is 20.4. The first-order valence-corrected chi connectivity index (χ1v) is 11.1. The van der Waals surface area contributed by atoms with Crippen LogP contribution in [0, 0.1) is 0 Å². The average molecular weight is 429 g/mol. The highest BCUT2D eigenvalue weighted by Crippen LogP contribution is 2.30. The Hall–Kier alpha value is -2.84. The molecule has 3 rings (SSSR count). The molecule has 0 bridgehead atoms. The fourth-order valence-electron chi connectivity index (χ4n) is 3.48. The molecule has 1 amide bonds. The number of carbonyl (C=O) groups is 1. The second kappa shape index (κ2) is 10.3. The summed E-state index contributed by atoms with van der Waals surface area (Å²) in [7, 11) is 0.170. The summed E-state index contributed by atoms with van der Waals surface area (Å²) in [5.74, 6) is 0.457. The summed E-state index contributed by atoms with van der Waals surface area (Å²) in [6.45, 7) is 8.79. The summed E-state index contributed by atoms with van der Waals surface area (Å²) >= 11 is 0. The molecular weight excluding hydrogens is 400 g/mol. The fourth-order valence-corrected chi connectivity index (χ4v) is 4.53. The Kier molecular flexibility index (Phi) is 7.48. The average Bonchev–Trinajstić information content (AvgIpc) is 3.14. The number of carbonyl (C=O) groups excluding carboxylic acids is 1. The Labute approximate surface area is 179 Å². The van der Waals surface area contributed by atoms with Gasteiger partial charge >= 0.3 is 0 Å². The number of fused-ring (bicyclic) bond motifs is 1. The van der Waals surface area contributed by atoms with Gasteiger partial charge in [0.05, 0.1) is 29.8 Å². The van der Waals surface area contributed by atoms with E-state index in [9.17, 15) is 9.00 Å². The van der Waals surface area contributed by atoms with Crippen LogP contribution in [-0.4, -0.2) is 53.1 Å². The zero-order valence-corrected chi connectivity index (χ0v) is 18.2. The molecule has 8 heteroatoms. The maximum Gasteiger partial charge on any atom is 0.221 e. The first-order chi connectivity index (χ1) is 14.5. The number of rotatable bonds is 8. The van der Waals surface area contributed by atoms with Crippen molar-refractivity contribution in [3.8, 4) is 0 Å². The second-order valence-electron chi connectivity index (χ2n) is 6.85. The van der Waals surface area contributed by atoms with Gasteiger partial charge < -0.3 is 20.3 Å². The lowest BCUT2D eigenvalue weighted by molar-refractivity contribution is -0.118. The van der Waals surface area contributed by atoms with Crippen LogP contribution >= 0.6 is 0 Å². The number of allylic oxidation sites excluding steroid dienone is 2. The van der Waals surface area contributed by atoms with Crippen molar-refractivity contribution in [1.29, 1.82) is 0 Å². The van der Waals surface area contributed by atoms with E-state index in [0.29, 0.717) is 11.5 Å². The molecule has 0 spiro atoms. The van der Waals surface area contributed by atoms with Crippen molar-refractivity contribution in [2.75, 3.05) is 43.9 Å². The van der Waals surface area contributed by atoms with Crippen molar-refractivity contribution in [2.24, 2.45) is 0 Å². The number of hydrogen-bond acceptors (Lipinski definition) is 5. The summed E-state index contributed by atoms with van der Waals surface area (Å²) in [4.78, 5) is 13.8. The minimum Gasteiger partial charge on any atom is -0.495 e. The number of nitrogens with one attached hydrogen (secondary N) is 2. The molecule has 1 aromatic carbocycles. The number of anilines is 1. The predicted molar refractivity (Wildman–Crippen MR) is 123 cm³/mol. The van der Waals surface area contributed by atoms with Crippen molar-refractivity contribution < 1.29 is 13.7 Å². The highest BCUT2D eigenvalue weighted by molar-refractivity contribution is 7.83. The molecule has 0 radical (unpaired) electrons. The molecule has 1 unspecified atom stereocenters. The van der Waals surface area contributed by atoms with Gasteiger partial charge in [-0.1, -0.05) is 30.9 Å². The lowest BCUT2D eigenvalue weighted by Gasteiger charge is -2.28. The fraction of sp³-hybridized carbons (Fsp3) is 0.318. The molecule has 30 heavy (non-hydrogen) atoms. The van der Waals surface area contributed by atoms with Crippen LogP contribution in [0.25, 0.3) is 10.9 Å². The normalized spacial score (nSPS) is 16.4. The van der Waals surface area contributed by atoms with Gasteiger partial charge in [-0.3, -0.25) is 8.77 Å². The van der Waals surface area contributed by atoms with Gasteiger partial charge in [-0.15, -0.1) is 0 Å². The van der Waals surface area contributed by atoms with E-state index in [2.05, 4.69) is 28.2 Å².